The number of hydrogen-bond donors (Lipinski definition) is 0. The van der Waals surface area contributed by atoms with Gasteiger partial charge in [0.15, 0.2) is 6.29 Å². The SMILES string of the molecule is COC(OC)c1ccc(SCCn2ccnc2)cc1. The lowest BCUT2D eigenvalue weighted by Gasteiger charge is -2.13. The Kier molecular flexibility index (Phi) is 5.44. The minimum Gasteiger partial charge on any atom is -0.352 e. The van der Waals surface area contributed by atoms with Gasteiger partial charge in [-0.2, -0.15) is 0 Å². The molecule has 5 heteroatoms. The summed E-state index contributed by atoms with van der Waals surface area (Å²) in [6, 6.07) is 8.27. The van der Waals surface area contributed by atoms with Crippen molar-refractivity contribution in [2.24, 2.45) is 0 Å². The fraction of sp³-hybridized carbons (Fsp3) is 0.357. The van der Waals surface area contributed by atoms with Crippen molar-refractivity contribution in [1.29, 1.82) is 0 Å². The summed E-state index contributed by atoms with van der Waals surface area (Å²) in [6.45, 7) is 0.963. The molecule has 1 heterocycles. The monoisotopic (exact) mass is 278 g/mol. The fourth-order valence-corrected chi connectivity index (χ4v) is 2.64. The molecule has 4 nitrogen and oxygen atoms in total. The van der Waals surface area contributed by atoms with Gasteiger partial charge in [0.2, 0.25) is 0 Å². The number of aryl methyl sites for hydroxylation is 1. The van der Waals surface area contributed by atoms with Gasteiger partial charge in [0.25, 0.3) is 0 Å². The van der Waals surface area contributed by atoms with Crippen LogP contribution in [0.4, 0.5) is 0 Å². The highest BCUT2D eigenvalue weighted by Crippen LogP contribution is 2.23. The van der Waals surface area contributed by atoms with Crippen molar-refractivity contribution >= 4 is 11.8 Å². The standard InChI is InChI=1S/C14H18N2O2S/c1-17-14(18-2)12-3-5-13(6-4-12)19-10-9-16-8-7-15-11-16/h3-8,11,14H,9-10H2,1-2H3. The van der Waals surface area contributed by atoms with Crippen LogP contribution < -0.4 is 0 Å². The second kappa shape index (κ2) is 7.33. The average molecular weight is 278 g/mol. The van der Waals surface area contributed by atoms with Crippen LogP contribution in [0.15, 0.2) is 47.9 Å². The molecule has 19 heavy (non-hydrogen) atoms. The molecule has 0 aliphatic heterocycles. The van der Waals surface area contributed by atoms with Gasteiger partial charge in [-0.05, 0) is 12.1 Å². The third-order valence-corrected chi connectivity index (χ3v) is 3.75. The number of ether oxygens (including phenoxy) is 2. The first-order chi connectivity index (χ1) is 9.33. The van der Waals surface area contributed by atoms with Crippen molar-refractivity contribution in [2.75, 3.05) is 20.0 Å². The van der Waals surface area contributed by atoms with Crippen LogP contribution in [-0.4, -0.2) is 29.5 Å². The normalized spacial score (nSPS) is 11.1. The van der Waals surface area contributed by atoms with E-state index in [1.165, 1.54) is 4.90 Å². The first-order valence-electron chi connectivity index (χ1n) is 6.07. The number of rotatable bonds is 7. The Morgan fingerprint density at radius 3 is 2.53 bits per heavy atom. The maximum atomic E-state index is 5.22. The summed E-state index contributed by atoms with van der Waals surface area (Å²) in [6.07, 6.45) is 5.33. The molecule has 0 aliphatic rings. The van der Waals surface area contributed by atoms with Crippen molar-refractivity contribution in [3.63, 3.8) is 0 Å². The number of hydrogen-bond acceptors (Lipinski definition) is 4. The topological polar surface area (TPSA) is 36.3 Å². The van der Waals surface area contributed by atoms with Crippen molar-refractivity contribution < 1.29 is 9.47 Å². The van der Waals surface area contributed by atoms with Crippen LogP contribution in [0.2, 0.25) is 0 Å². The molecule has 2 rings (SSSR count). The Labute approximate surface area is 117 Å². The van der Waals surface area contributed by atoms with Crippen LogP contribution in [0.1, 0.15) is 11.9 Å². The van der Waals surface area contributed by atoms with Gasteiger partial charge in [-0.15, -0.1) is 11.8 Å². The molecule has 0 fully saturated rings. The highest BCUT2D eigenvalue weighted by atomic mass is 32.2. The van der Waals surface area contributed by atoms with Gasteiger partial charge in [0.1, 0.15) is 0 Å². The first-order valence-corrected chi connectivity index (χ1v) is 7.06. The van der Waals surface area contributed by atoms with Crippen molar-refractivity contribution in [3.05, 3.63) is 48.5 Å². The number of benzene rings is 1. The minimum absolute atomic E-state index is 0.287. The van der Waals surface area contributed by atoms with Crippen LogP contribution in [0.3, 0.4) is 0 Å². The van der Waals surface area contributed by atoms with E-state index >= 15 is 0 Å². The van der Waals surface area contributed by atoms with E-state index in [-0.39, 0.29) is 6.29 Å². The molecule has 0 N–H and O–H groups in total. The molecule has 0 spiro atoms. The van der Waals surface area contributed by atoms with E-state index < -0.39 is 0 Å². The Morgan fingerprint density at radius 1 is 1.21 bits per heavy atom. The molecule has 0 amide bonds. The maximum absolute atomic E-state index is 5.22. The van der Waals surface area contributed by atoms with Gasteiger partial charge in [-0.25, -0.2) is 4.98 Å². The molecule has 1 aromatic heterocycles. The van der Waals surface area contributed by atoms with Crippen LogP contribution >= 0.6 is 11.8 Å². The predicted octanol–water partition coefficient (Wildman–Crippen LogP) is 2.97. The van der Waals surface area contributed by atoms with E-state index in [1.807, 2.05) is 36.4 Å². The van der Waals surface area contributed by atoms with Crippen LogP contribution in [0.5, 0.6) is 0 Å². The zero-order chi connectivity index (χ0) is 13.5. The second-order valence-electron chi connectivity index (χ2n) is 4.02. The van der Waals surface area contributed by atoms with Gasteiger partial charge >= 0.3 is 0 Å². The van der Waals surface area contributed by atoms with Crippen molar-refractivity contribution in [3.8, 4) is 0 Å². The zero-order valence-corrected chi connectivity index (χ0v) is 12.0. The Morgan fingerprint density at radius 2 is 1.95 bits per heavy atom. The molecule has 0 radical (unpaired) electrons. The third-order valence-electron chi connectivity index (χ3n) is 2.76. The molecule has 0 atom stereocenters. The molecular formula is C14H18N2O2S. The number of methoxy groups -OCH3 is 2. The maximum Gasteiger partial charge on any atom is 0.183 e. The smallest absolute Gasteiger partial charge is 0.183 e. The Hall–Kier alpha value is -1.30. The number of thioether (sulfide) groups is 1. The average Bonchev–Trinajstić information content (AvgIpc) is 2.95. The van der Waals surface area contributed by atoms with E-state index in [2.05, 4.69) is 21.7 Å². The highest BCUT2D eigenvalue weighted by molar-refractivity contribution is 7.99. The molecule has 1 aromatic carbocycles. The molecule has 102 valence electrons. The van der Waals surface area contributed by atoms with Gasteiger partial charge in [-0.1, -0.05) is 12.1 Å². The van der Waals surface area contributed by atoms with Gasteiger partial charge in [0.05, 0.1) is 6.33 Å². The van der Waals surface area contributed by atoms with Gasteiger partial charge in [-0.3, -0.25) is 0 Å². The van der Waals surface area contributed by atoms with E-state index in [0.717, 1.165) is 17.9 Å². The summed E-state index contributed by atoms with van der Waals surface area (Å²) >= 11 is 1.82. The highest BCUT2D eigenvalue weighted by Gasteiger charge is 2.07. The molecular weight excluding hydrogens is 260 g/mol. The summed E-state index contributed by atoms with van der Waals surface area (Å²) in [4.78, 5) is 5.27. The largest absolute Gasteiger partial charge is 0.352 e. The molecule has 2 aromatic rings. The lowest BCUT2D eigenvalue weighted by molar-refractivity contribution is -0.106. The quantitative estimate of drug-likeness (QED) is 0.576. The van der Waals surface area contributed by atoms with Gasteiger partial charge in [0, 0.05) is 49.4 Å². The van der Waals surface area contributed by atoms with E-state index in [1.54, 1.807) is 20.4 Å². The summed E-state index contributed by atoms with van der Waals surface area (Å²) in [5.74, 6) is 1.02. The molecule has 0 saturated carbocycles. The van der Waals surface area contributed by atoms with E-state index in [9.17, 15) is 0 Å². The lowest BCUT2D eigenvalue weighted by atomic mass is 10.2. The predicted molar refractivity (Wildman–Crippen MR) is 76.2 cm³/mol. The molecule has 0 saturated heterocycles. The van der Waals surface area contributed by atoms with Crippen LogP contribution in [-0.2, 0) is 16.0 Å². The summed E-state index contributed by atoms with van der Waals surface area (Å²) in [5.41, 5.74) is 1.03. The third kappa shape index (κ3) is 4.09. The van der Waals surface area contributed by atoms with Crippen LogP contribution in [0, 0.1) is 0 Å². The number of nitrogens with zero attached hydrogens (tertiary/aromatic N) is 2. The second-order valence-corrected chi connectivity index (χ2v) is 5.19. The number of imidazole rings is 1. The zero-order valence-electron chi connectivity index (χ0n) is 11.2. The minimum atomic E-state index is -0.287. The summed E-state index contributed by atoms with van der Waals surface area (Å²) in [7, 11) is 3.28. The molecule has 0 unspecified atom stereocenters. The van der Waals surface area contributed by atoms with Crippen LogP contribution in [0.25, 0.3) is 0 Å². The summed E-state index contributed by atoms with van der Waals surface area (Å²) in [5, 5.41) is 0. The number of aromatic nitrogens is 2. The van der Waals surface area contributed by atoms with E-state index in [0.29, 0.717) is 0 Å². The Bertz CT molecular complexity index is 467. The van der Waals surface area contributed by atoms with Gasteiger partial charge < -0.3 is 14.0 Å². The molecule has 0 aliphatic carbocycles. The molecule has 0 bridgehead atoms. The fourth-order valence-electron chi connectivity index (χ4n) is 1.78. The Balaban J connectivity index is 1.84. The van der Waals surface area contributed by atoms with Crippen molar-refractivity contribution in [1.82, 2.24) is 9.55 Å². The van der Waals surface area contributed by atoms with E-state index in [4.69, 9.17) is 9.47 Å². The summed E-state index contributed by atoms with van der Waals surface area (Å²) < 4.78 is 12.5. The van der Waals surface area contributed by atoms with Crippen molar-refractivity contribution in [2.45, 2.75) is 17.7 Å². The first kappa shape index (κ1) is 14.1. The lowest BCUT2D eigenvalue weighted by Crippen LogP contribution is -2.03.